The van der Waals surface area contributed by atoms with Crippen LogP contribution in [0, 0.1) is 18.4 Å². The molecule has 0 bridgehead atoms. The summed E-state index contributed by atoms with van der Waals surface area (Å²) in [4.78, 5) is 24.8. The normalized spacial score (nSPS) is 19.2. The molecule has 2 aromatic heterocycles. The zero-order valence-electron chi connectivity index (χ0n) is 20.4. The molecule has 0 aliphatic carbocycles. The van der Waals surface area contributed by atoms with Crippen LogP contribution in [0.3, 0.4) is 0 Å². The first-order chi connectivity index (χ1) is 14.9. The summed E-state index contributed by atoms with van der Waals surface area (Å²) >= 11 is 0. The molecule has 0 spiro atoms. The maximum atomic E-state index is 13.5. The minimum absolute atomic E-state index is 0.150. The van der Waals surface area contributed by atoms with Crippen molar-refractivity contribution in [3.8, 4) is 11.5 Å². The van der Waals surface area contributed by atoms with Crippen molar-refractivity contribution in [3.05, 3.63) is 59.2 Å². The fraction of sp³-hybridized carbons (Fsp3) is 0.500. The number of hydrogen-bond acceptors (Lipinski definition) is 4. The fourth-order valence-electron chi connectivity index (χ4n) is 3.93. The number of aromatic nitrogens is 2. The largest absolute Gasteiger partial charge is 0.444 e. The standard InChI is InChI=1S/C26H35N3O2Si/c1-19-11-10-17-27-24(19)23-15-9-14-22(29(23)25(30)31-26(2,3)4)21-13-8-12-20(28-21)16-18-32(5,6)7/h8,10-13,17,22-23H,9,14-15H2,1-7H3/t22-,23+/m1/s1. The van der Waals surface area contributed by atoms with Crippen molar-refractivity contribution in [1.82, 2.24) is 14.9 Å². The summed E-state index contributed by atoms with van der Waals surface area (Å²) in [6.07, 6.45) is 4.14. The Kier molecular flexibility index (Phi) is 7.09. The molecule has 170 valence electrons. The maximum absolute atomic E-state index is 13.5. The molecule has 1 aliphatic heterocycles. The van der Waals surface area contributed by atoms with Crippen LogP contribution in [0.1, 0.15) is 74.8 Å². The smallest absolute Gasteiger partial charge is 0.411 e. The van der Waals surface area contributed by atoms with E-state index in [0.717, 1.165) is 41.9 Å². The Hall–Kier alpha value is -2.65. The molecule has 5 nitrogen and oxygen atoms in total. The number of carbonyl (C=O) groups is 1. The molecule has 1 fully saturated rings. The topological polar surface area (TPSA) is 55.3 Å². The molecule has 0 N–H and O–H groups in total. The van der Waals surface area contributed by atoms with Crippen molar-refractivity contribution in [3.63, 3.8) is 0 Å². The SMILES string of the molecule is Cc1cccnc1[C@@H]1CCC[C@H](c2cccc(C#C[Si](C)(C)C)n2)N1C(=O)OC(C)(C)C. The van der Waals surface area contributed by atoms with Crippen LogP contribution in [0.5, 0.6) is 0 Å². The predicted molar refractivity (Wildman–Crippen MR) is 131 cm³/mol. The Morgan fingerprint density at radius 2 is 1.84 bits per heavy atom. The molecule has 3 rings (SSSR count). The Bertz CT molecular complexity index is 1030. The molecular formula is C26H35N3O2Si. The highest BCUT2D eigenvalue weighted by Gasteiger charge is 2.40. The third-order valence-electron chi connectivity index (χ3n) is 5.27. The average Bonchev–Trinajstić information content (AvgIpc) is 2.70. The van der Waals surface area contributed by atoms with Gasteiger partial charge in [0, 0.05) is 6.20 Å². The van der Waals surface area contributed by atoms with Gasteiger partial charge in [0.1, 0.15) is 19.4 Å². The quantitative estimate of drug-likeness (QED) is 0.403. The molecule has 0 saturated carbocycles. The van der Waals surface area contributed by atoms with Gasteiger partial charge >= 0.3 is 6.09 Å². The van der Waals surface area contributed by atoms with Gasteiger partial charge in [-0.15, -0.1) is 5.54 Å². The van der Waals surface area contributed by atoms with Crippen LogP contribution >= 0.6 is 0 Å². The fourth-order valence-corrected chi connectivity index (χ4v) is 4.44. The summed E-state index contributed by atoms with van der Waals surface area (Å²) < 4.78 is 5.85. The molecule has 1 amide bonds. The van der Waals surface area contributed by atoms with E-state index in [1.54, 1.807) is 6.20 Å². The summed E-state index contributed by atoms with van der Waals surface area (Å²) in [7, 11) is -1.51. The molecular weight excluding hydrogens is 414 g/mol. The summed E-state index contributed by atoms with van der Waals surface area (Å²) in [5.41, 5.74) is 6.42. The third-order valence-corrected chi connectivity index (χ3v) is 6.15. The molecule has 6 heteroatoms. The summed E-state index contributed by atoms with van der Waals surface area (Å²) in [5.74, 6) is 3.25. The molecule has 2 atom stereocenters. The van der Waals surface area contributed by atoms with Crippen molar-refractivity contribution in [1.29, 1.82) is 0 Å². The lowest BCUT2D eigenvalue weighted by Crippen LogP contribution is -2.44. The van der Waals surface area contributed by atoms with Crippen molar-refractivity contribution in [2.75, 3.05) is 0 Å². The van der Waals surface area contributed by atoms with E-state index < -0.39 is 13.7 Å². The van der Waals surface area contributed by atoms with Gasteiger partial charge in [-0.3, -0.25) is 9.88 Å². The second kappa shape index (κ2) is 9.46. The van der Waals surface area contributed by atoms with Crippen LogP contribution < -0.4 is 0 Å². The van der Waals surface area contributed by atoms with E-state index >= 15 is 0 Å². The van der Waals surface area contributed by atoms with Crippen molar-refractivity contribution >= 4 is 14.2 Å². The zero-order chi connectivity index (χ0) is 23.5. The molecule has 0 unspecified atom stereocenters. The average molecular weight is 450 g/mol. The van der Waals surface area contributed by atoms with E-state index in [2.05, 4.69) is 36.1 Å². The molecule has 2 aromatic rings. The van der Waals surface area contributed by atoms with Gasteiger partial charge in [-0.05, 0) is 70.7 Å². The van der Waals surface area contributed by atoms with Crippen LogP contribution in [-0.2, 0) is 4.74 Å². The van der Waals surface area contributed by atoms with Gasteiger partial charge in [-0.25, -0.2) is 9.78 Å². The number of rotatable bonds is 2. The van der Waals surface area contributed by atoms with E-state index in [9.17, 15) is 4.79 Å². The van der Waals surface area contributed by atoms with Gasteiger partial charge in [0.15, 0.2) is 0 Å². The van der Waals surface area contributed by atoms with Crippen LogP contribution in [0.25, 0.3) is 0 Å². The number of amides is 1. The van der Waals surface area contributed by atoms with Crippen LogP contribution in [0.2, 0.25) is 19.6 Å². The van der Waals surface area contributed by atoms with E-state index in [-0.39, 0.29) is 18.2 Å². The summed E-state index contributed by atoms with van der Waals surface area (Å²) in [5, 5.41) is 0. The molecule has 0 radical (unpaired) electrons. The van der Waals surface area contributed by atoms with Gasteiger partial charge < -0.3 is 4.74 Å². The number of piperidine rings is 1. The van der Waals surface area contributed by atoms with E-state index in [1.165, 1.54) is 0 Å². The van der Waals surface area contributed by atoms with Gasteiger partial charge in [-0.2, -0.15) is 0 Å². The van der Waals surface area contributed by atoms with Crippen LogP contribution in [-0.4, -0.2) is 34.6 Å². The van der Waals surface area contributed by atoms with Crippen LogP contribution in [0.4, 0.5) is 4.79 Å². The lowest BCUT2D eigenvalue weighted by molar-refractivity contribution is -0.00804. The first-order valence-corrected chi connectivity index (χ1v) is 14.9. The number of hydrogen-bond donors (Lipinski definition) is 0. The number of likely N-dealkylation sites (tertiary alicyclic amines) is 1. The number of pyridine rings is 2. The number of carbonyl (C=O) groups excluding carboxylic acids is 1. The van der Waals surface area contributed by atoms with Crippen molar-refractivity contribution < 1.29 is 9.53 Å². The van der Waals surface area contributed by atoms with E-state index in [4.69, 9.17) is 9.72 Å². The zero-order valence-corrected chi connectivity index (χ0v) is 21.4. The molecule has 1 aliphatic rings. The predicted octanol–water partition coefficient (Wildman–Crippen LogP) is 6.22. The first-order valence-electron chi connectivity index (χ1n) is 11.4. The third kappa shape index (κ3) is 6.20. The summed E-state index contributed by atoms with van der Waals surface area (Å²) in [6.45, 7) is 14.4. The second-order valence-electron chi connectivity index (χ2n) is 10.5. The first kappa shape index (κ1) is 24.0. The highest BCUT2D eigenvalue weighted by atomic mass is 28.3. The minimum atomic E-state index is -1.51. The lowest BCUT2D eigenvalue weighted by atomic mass is 9.90. The van der Waals surface area contributed by atoms with Gasteiger partial charge in [-0.1, -0.05) is 37.7 Å². The Balaban J connectivity index is 2.04. The van der Waals surface area contributed by atoms with Crippen molar-refractivity contribution in [2.24, 2.45) is 0 Å². The molecule has 3 heterocycles. The van der Waals surface area contributed by atoms with E-state index in [0.29, 0.717) is 0 Å². The number of nitrogens with zero attached hydrogens (tertiary/aromatic N) is 3. The summed E-state index contributed by atoms with van der Waals surface area (Å²) in [6, 6.07) is 9.57. The molecule has 32 heavy (non-hydrogen) atoms. The van der Waals surface area contributed by atoms with Crippen LogP contribution in [0.15, 0.2) is 36.5 Å². The molecule has 0 aromatic carbocycles. The Morgan fingerprint density at radius 3 is 2.50 bits per heavy atom. The van der Waals surface area contributed by atoms with Crippen molar-refractivity contribution in [2.45, 2.75) is 84.3 Å². The second-order valence-corrected chi connectivity index (χ2v) is 15.3. The van der Waals surface area contributed by atoms with Gasteiger partial charge in [0.25, 0.3) is 0 Å². The lowest BCUT2D eigenvalue weighted by Gasteiger charge is -2.42. The Labute approximate surface area is 193 Å². The number of ether oxygens (including phenoxy) is 1. The highest BCUT2D eigenvalue weighted by Crippen LogP contribution is 2.42. The van der Waals surface area contributed by atoms with Gasteiger partial charge in [0.05, 0.1) is 23.5 Å². The number of aryl methyl sites for hydroxylation is 1. The highest BCUT2D eigenvalue weighted by molar-refractivity contribution is 6.83. The molecule has 1 saturated heterocycles. The van der Waals surface area contributed by atoms with Gasteiger partial charge in [0.2, 0.25) is 0 Å². The Morgan fingerprint density at radius 1 is 1.12 bits per heavy atom. The maximum Gasteiger partial charge on any atom is 0.411 e. The van der Waals surface area contributed by atoms with E-state index in [1.807, 2.05) is 62.9 Å². The monoisotopic (exact) mass is 449 g/mol. The minimum Gasteiger partial charge on any atom is -0.444 e.